The Morgan fingerprint density at radius 2 is 1.48 bits per heavy atom. The molecule has 1 aliphatic heterocycles. The minimum absolute atomic E-state index is 0.00669. The summed E-state index contributed by atoms with van der Waals surface area (Å²) in [6.07, 6.45) is 6.40. The number of fused-ring (bicyclic) bond motifs is 1. The van der Waals surface area contributed by atoms with Crippen molar-refractivity contribution in [2.24, 2.45) is 0 Å². The molecule has 0 radical (unpaired) electrons. The van der Waals surface area contributed by atoms with Gasteiger partial charge in [0.2, 0.25) is 5.91 Å². The van der Waals surface area contributed by atoms with Gasteiger partial charge in [-0.2, -0.15) is 0 Å². The van der Waals surface area contributed by atoms with Gasteiger partial charge in [0.25, 0.3) is 0 Å². The van der Waals surface area contributed by atoms with Crippen molar-refractivity contribution in [3.8, 4) is 0 Å². The average molecular weight is 360 g/mol. The predicted molar refractivity (Wildman–Crippen MR) is 107 cm³/mol. The van der Waals surface area contributed by atoms with Crippen molar-refractivity contribution in [2.75, 3.05) is 13.1 Å². The summed E-state index contributed by atoms with van der Waals surface area (Å²) in [5, 5.41) is 0.898. The summed E-state index contributed by atoms with van der Waals surface area (Å²) in [6, 6.07) is 17.1. The molecule has 1 fully saturated rings. The van der Waals surface area contributed by atoms with E-state index in [-0.39, 0.29) is 18.2 Å². The molecule has 1 saturated heterocycles. The Morgan fingerprint density at radius 3 is 2.22 bits per heavy atom. The first-order valence-electron chi connectivity index (χ1n) is 9.69. The van der Waals surface area contributed by atoms with Crippen LogP contribution in [-0.2, 0) is 11.3 Å². The Hall–Kier alpha value is -2.88. The van der Waals surface area contributed by atoms with E-state index in [2.05, 4.69) is 0 Å². The molecule has 4 heteroatoms. The normalized spacial score (nSPS) is 14.9. The summed E-state index contributed by atoms with van der Waals surface area (Å²) < 4.78 is 1.93. The van der Waals surface area contributed by atoms with E-state index in [1.54, 1.807) is 0 Å². The first-order valence-corrected chi connectivity index (χ1v) is 9.69. The maximum absolute atomic E-state index is 13.0. The van der Waals surface area contributed by atoms with Crippen LogP contribution in [0.3, 0.4) is 0 Å². The molecule has 0 atom stereocenters. The van der Waals surface area contributed by atoms with Crippen LogP contribution in [0.5, 0.6) is 0 Å². The number of nitrogens with zero attached hydrogens (tertiary/aromatic N) is 2. The van der Waals surface area contributed by atoms with Crippen molar-refractivity contribution in [1.29, 1.82) is 0 Å². The van der Waals surface area contributed by atoms with Gasteiger partial charge in [-0.3, -0.25) is 9.59 Å². The summed E-state index contributed by atoms with van der Waals surface area (Å²) in [5.74, 6) is 0.129. The molecule has 2 heterocycles. The molecule has 0 aliphatic carbocycles. The van der Waals surface area contributed by atoms with E-state index in [1.807, 2.05) is 70.3 Å². The number of rotatable bonds is 4. The zero-order chi connectivity index (χ0) is 18.6. The van der Waals surface area contributed by atoms with Crippen molar-refractivity contribution in [3.63, 3.8) is 0 Å². The van der Waals surface area contributed by atoms with Crippen LogP contribution in [0, 0.1) is 0 Å². The molecular formula is C23H24N2O2. The number of benzene rings is 2. The summed E-state index contributed by atoms with van der Waals surface area (Å²) in [6.45, 7) is 1.96. The van der Waals surface area contributed by atoms with Crippen LogP contribution in [0.15, 0.2) is 60.8 Å². The van der Waals surface area contributed by atoms with Gasteiger partial charge >= 0.3 is 0 Å². The zero-order valence-corrected chi connectivity index (χ0v) is 15.4. The molecule has 4 nitrogen and oxygen atoms in total. The first kappa shape index (κ1) is 17.5. The smallest absolute Gasteiger partial charge is 0.242 e. The molecule has 3 aromatic rings. The van der Waals surface area contributed by atoms with Gasteiger partial charge in [0, 0.05) is 41.3 Å². The van der Waals surface area contributed by atoms with E-state index in [0.717, 1.165) is 36.8 Å². The number of carbonyl (C=O) groups is 2. The third-order valence-corrected chi connectivity index (χ3v) is 5.33. The van der Waals surface area contributed by atoms with Crippen LogP contribution in [-0.4, -0.2) is 34.2 Å². The number of ketones is 1. The molecule has 0 bridgehead atoms. The molecule has 1 amide bonds. The lowest BCUT2D eigenvalue weighted by Gasteiger charge is -2.20. The number of hydrogen-bond acceptors (Lipinski definition) is 2. The van der Waals surface area contributed by atoms with Gasteiger partial charge in [0.15, 0.2) is 5.78 Å². The van der Waals surface area contributed by atoms with E-state index >= 15 is 0 Å². The predicted octanol–water partition coefficient (Wildman–Crippen LogP) is 4.27. The minimum atomic E-state index is -0.00669. The number of amides is 1. The number of aromatic nitrogens is 1. The van der Waals surface area contributed by atoms with Gasteiger partial charge in [0.1, 0.15) is 6.54 Å². The molecular weight excluding hydrogens is 336 g/mol. The molecule has 2 aromatic carbocycles. The molecule has 4 rings (SSSR count). The third kappa shape index (κ3) is 3.65. The SMILES string of the molecule is O=C(c1ccccc1)c1cn(CC(=O)N2CCCCCC2)c2ccccc12. The molecule has 0 saturated carbocycles. The number of likely N-dealkylation sites (tertiary alicyclic amines) is 1. The molecule has 27 heavy (non-hydrogen) atoms. The van der Waals surface area contributed by atoms with E-state index < -0.39 is 0 Å². The van der Waals surface area contributed by atoms with E-state index in [1.165, 1.54) is 12.8 Å². The Kier molecular flexibility index (Phi) is 5.05. The Balaban J connectivity index is 1.66. The fraction of sp³-hybridized carbons (Fsp3) is 0.304. The fourth-order valence-electron chi connectivity index (χ4n) is 3.87. The van der Waals surface area contributed by atoms with Gasteiger partial charge < -0.3 is 9.47 Å². The van der Waals surface area contributed by atoms with Crippen molar-refractivity contribution in [1.82, 2.24) is 9.47 Å². The topological polar surface area (TPSA) is 42.3 Å². The summed E-state index contributed by atoms with van der Waals surface area (Å²) >= 11 is 0. The van der Waals surface area contributed by atoms with Crippen LogP contribution in [0.4, 0.5) is 0 Å². The van der Waals surface area contributed by atoms with Crippen LogP contribution in [0.1, 0.15) is 41.6 Å². The van der Waals surface area contributed by atoms with Gasteiger partial charge in [-0.1, -0.05) is 61.4 Å². The highest BCUT2D eigenvalue weighted by Gasteiger charge is 2.20. The lowest BCUT2D eigenvalue weighted by atomic mass is 10.0. The van der Waals surface area contributed by atoms with Gasteiger partial charge in [-0.05, 0) is 18.9 Å². The van der Waals surface area contributed by atoms with E-state index in [0.29, 0.717) is 11.1 Å². The zero-order valence-electron chi connectivity index (χ0n) is 15.4. The number of para-hydroxylation sites is 1. The quantitative estimate of drug-likeness (QED) is 0.652. The maximum Gasteiger partial charge on any atom is 0.242 e. The maximum atomic E-state index is 13.0. The van der Waals surface area contributed by atoms with Crippen LogP contribution in [0.25, 0.3) is 10.9 Å². The molecule has 1 aliphatic rings. The highest BCUT2D eigenvalue weighted by molar-refractivity contribution is 6.16. The molecule has 0 unspecified atom stereocenters. The largest absolute Gasteiger partial charge is 0.341 e. The van der Waals surface area contributed by atoms with Gasteiger partial charge in [0.05, 0.1) is 0 Å². The molecule has 1 aromatic heterocycles. The van der Waals surface area contributed by atoms with Crippen LogP contribution in [0.2, 0.25) is 0 Å². The number of hydrogen-bond donors (Lipinski definition) is 0. The Morgan fingerprint density at radius 1 is 0.815 bits per heavy atom. The fourth-order valence-corrected chi connectivity index (χ4v) is 3.87. The molecule has 0 spiro atoms. The standard InChI is InChI=1S/C23H24N2O2/c26-22(24-14-8-1-2-9-15-24)17-25-16-20(19-12-6-7-13-21(19)25)23(27)18-10-4-3-5-11-18/h3-7,10-13,16H,1-2,8-9,14-15,17H2. The lowest BCUT2D eigenvalue weighted by molar-refractivity contribution is -0.131. The molecule has 0 N–H and O–H groups in total. The summed E-state index contributed by atoms with van der Waals surface area (Å²) in [4.78, 5) is 27.8. The monoisotopic (exact) mass is 360 g/mol. The van der Waals surface area contributed by atoms with E-state index in [4.69, 9.17) is 0 Å². The Labute approximate surface area is 159 Å². The second kappa shape index (κ2) is 7.78. The van der Waals surface area contributed by atoms with Gasteiger partial charge in [-0.15, -0.1) is 0 Å². The highest BCUT2D eigenvalue weighted by Crippen LogP contribution is 2.24. The minimum Gasteiger partial charge on any atom is -0.341 e. The number of carbonyl (C=O) groups excluding carboxylic acids is 2. The van der Waals surface area contributed by atoms with Crippen molar-refractivity contribution in [3.05, 3.63) is 71.9 Å². The second-order valence-corrected chi connectivity index (χ2v) is 7.18. The average Bonchev–Trinajstić information content (AvgIpc) is 2.88. The Bertz CT molecular complexity index is 951. The highest BCUT2D eigenvalue weighted by atomic mass is 16.2. The lowest BCUT2D eigenvalue weighted by Crippen LogP contribution is -2.34. The van der Waals surface area contributed by atoms with Crippen molar-refractivity contribution < 1.29 is 9.59 Å². The molecule has 138 valence electrons. The second-order valence-electron chi connectivity index (χ2n) is 7.18. The van der Waals surface area contributed by atoms with Crippen molar-refractivity contribution >= 4 is 22.6 Å². The van der Waals surface area contributed by atoms with Crippen LogP contribution < -0.4 is 0 Å². The van der Waals surface area contributed by atoms with Crippen LogP contribution >= 0.6 is 0 Å². The third-order valence-electron chi connectivity index (χ3n) is 5.33. The van der Waals surface area contributed by atoms with E-state index in [9.17, 15) is 9.59 Å². The summed E-state index contributed by atoms with van der Waals surface area (Å²) in [7, 11) is 0. The first-order chi connectivity index (χ1) is 13.2. The van der Waals surface area contributed by atoms with Crippen molar-refractivity contribution in [2.45, 2.75) is 32.2 Å². The summed E-state index contributed by atoms with van der Waals surface area (Å²) in [5.41, 5.74) is 2.25. The van der Waals surface area contributed by atoms with Gasteiger partial charge in [-0.25, -0.2) is 0 Å².